The molecule has 1 aliphatic carbocycles. The van der Waals surface area contributed by atoms with E-state index in [1.165, 1.54) is 0 Å². The lowest BCUT2D eigenvalue weighted by atomic mass is 10.2. The molecule has 0 atom stereocenters. The lowest BCUT2D eigenvalue weighted by molar-refractivity contribution is -0.260. The number of allylic oxidation sites excluding steroid dienone is 2. The molecule has 0 aromatic carbocycles. The van der Waals surface area contributed by atoms with Gasteiger partial charge in [-0.3, -0.25) is 0 Å². The molecule has 0 aliphatic heterocycles. The Bertz CT molecular complexity index is 255. The molecule has 0 nitrogen and oxygen atoms in total. The summed E-state index contributed by atoms with van der Waals surface area (Å²) in [6.45, 7) is 0. The summed E-state index contributed by atoms with van der Waals surface area (Å²) in [6, 6.07) is 0. The van der Waals surface area contributed by atoms with Crippen LogP contribution in [0.25, 0.3) is 0 Å². The molecule has 0 fully saturated rings. The Morgan fingerprint density at radius 3 is 1.00 bits per heavy atom. The van der Waals surface area contributed by atoms with Crippen LogP contribution in [0.1, 0.15) is 0 Å². The molecule has 0 bridgehead atoms. The fourth-order valence-corrected chi connectivity index (χ4v) is 2.10. The van der Waals surface area contributed by atoms with Crippen molar-refractivity contribution >= 4 is 45.2 Å². The van der Waals surface area contributed by atoms with Gasteiger partial charge in [0.2, 0.25) is 0 Å². The Hall–Kier alpha value is 0.780. The molecule has 0 unspecified atom stereocenters. The van der Waals surface area contributed by atoms with Crippen LogP contribution in [-0.2, 0) is 0 Å². The van der Waals surface area contributed by atoms with E-state index in [4.69, 9.17) is 0 Å². The van der Waals surface area contributed by atoms with E-state index in [9.17, 15) is 26.3 Å². The first-order chi connectivity index (χ1) is 5.57. The van der Waals surface area contributed by atoms with Crippen LogP contribution >= 0.6 is 45.2 Å². The average molecular weight is 428 g/mol. The third-order valence-corrected chi connectivity index (χ3v) is 5.00. The fourth-order valence-electron chi connectivity index (χ4n) is 0.749. The van der Waals surface area contributed by atoms with Crippen molar-refractivity contribution in [3.05, 3.63) is 7.16 Å². The molecule has 0 N–H and O–H groups in total. The van der Waals surface area contributed by atoms with E-state index >= 15 is 0 Å². The average Bonchev–Trinajstić information content (AvgIpc) is 2.05. The summed E-state index contributed by atoms with van der Waals surface area (Å²) < 4.78 is 72.6. The number of halogens is 8. The molecule has 0 saturated carbocycles. The van der Waals surface area contributed by atoms with Crippen LogP contribution < -0.4 is 0 Å². The van der Waals surface area contributed by atoms with Gasteiger partial charge in [0.05, 0.1) is 7.16 Å². The molecular weight excluding hydrogens is 428 g/mol. The molecule has 1 rings (SSSR count). The monoisotopic (exact) mass is 428 g/mol. The van der Waals surface area contributed by atoms with E-state index < -0.39 is 24.9 Å². The van der Waals surface area contributed by atoms with Crippen LogP contribution in [0.3, 0.4) is 0 Å². The summed E-state index contributed by atoms with van der Waals surface area (Å²) >= 11 is 1.63. The number of rotatable bonds is 0. The smallest absolute Gasteiger partial charge is 0.193 e. The van der Waals surface area contributed by atoms with Gasteiger partial charge in [0.15, 0.2) is 0 Å². The minimum Gasteiger partial charge on any atom is -0.193 e. The van der Waals surface area contributed by atoms with E-state index in [2.05, 4.69) is 0 Å². The van der Waals surface area contributed by atoms with Gasteiger partial charge in [-0.25, -0.2) is 0 Å². The first-order valence-corrected chi connectivity index (χ1v) is 4.92. The van der Waals surface area contributed by atoms with Crippen molar-refractivity contribution in [2.24, 2.45) is 0 Å². The fraction of sp³-hybridized carbons (Fsp3) is 0.600. The van der Waals surface area contributed by atoms with Crippen LogP contribution in [0.5, 0.6) is 0 Å². The van der Waals surface area contributed by atoms with Crippen LogP contribution in [0.4, 0.5) is 26.3 Å². The zero-order valence-electron chi connectivity index (χ0n) is 5.52. The lowest BCUT2D eigenvalue weighted by Crippen LogP contribution is -2.48. The van der Waals surface area contributed by atoms with Crippen molar-refractivity contribution in [2.75, 3.05) is 0 Å². The summed E-state index contributed by atoms with van der Waals surface area (Å²) in [4.78, 5) is 0. The Labute approximate surface area is 96.0 Å². The molecule has 0 radical (unpaired) electrons. The van der Waals surface area contributed by atoms with E-state index in [0.29, 0.717) is 0 Å². The lowest BCUT2D eigenvalue weighted by Gasteiger charge is -2.24. The highest BCUT2D eigenvalue weighted by Crippen LogP contribution is 2.62. The van der Waals surface area contributed by atoms with Gasteiger partial charge in [-0.1, -0.05) is 0 Å². The molecule has 0 heterocycles. The maximum absolute atomic E-state index is 12.6. The quantitative estimate of drug-likeness (QED) is 0.405. The van der Waals surface area contributed by atoms with E-state index in [1.807, 2.05) is 0 Å². The van der Waals surface area contributed by atoms with Gasteiger partial charge in [0.1, 0.15) is 0 Å². The number of alkyl halides is 6. The van der Waals surface area contributed by atoms with Crippen LogP contribution in [0.15, 0.2) is 7.16 Å². The van der Waals surface area contributed by atoms with Crippen molar-refractivity contribution in [1.29, 1.82) is 0 Å². The normalized spacial score (nSPS) is 29.5. The summed E-state index contributed by atoms with van der Waals surface area (Å²) in [5, 5.41) is 0. The SMILES string of the molecule is FC1(F)C(I)=C(I)C(F)(F)C1(F)F. The summed E-state index contributed by atoms with van der Waals surface area (Å²) in [5.74, 6) is -14.9. The van der Waals surface area contributed by atoms with Gasteiger partial charge in [0.25, 0.3) is 0 Å². The third kappa shape index (κ3) is 1.23. The molecule has 0 saturated heterocycles. The first-order valence-electron chi connectivity index (χ1n) is 2.76. The summed E-state index contributed by atoms with van der Waals surface area (Å²) in [6.07, 6.45) is 0. The van der Waals surface area contributed by atoms with Crippen molar-refractivity contribution in [3.8, 4) is 0 Å². The zero-order valence-corrected chi connectivity index (χ0v) is 9.84. The van der Waals surface area contributed by atoms with Gasteiger partial charge in [-0.15, -0.1) is 0 Å². The maximum atomic E-state index is 12.6. The molecule has 1 aliphatic rings. The van der Waals surface area contributed by atoms with E-state index in [0.717, 1.165) is 45.2 Å². The van der Waals surface area contributed by atoms with Gasteiger partial charge in [-0.2, -0.15) is 26.3 Å². The molecule has 0 aromatic rings. The van der Waals surface area contributed by atoms with Gasteiger partial charge in [-0.05, 0) is 45.2 Å². The second-order valence-electron chi connectivity index (χ2n) is 2.35. The number of hydrogen-bond donors (Lipinski definition) is 0. The third-order valence-electron chi connectivity index (χ3n) is 1.53. The standard InChI is InChI=1S/C5F6I2/c6-3(7)1(12)2(13)4(8,9)5(3,10)11. The predicted molar refractivity (Wildman–Crippen MR) is 49.9 cm³/mol. The molecular formula is C5F6I2. The second-order valence-corrected chi connectivity index (χ2v) is 4.51. The Morgan fingerprint density at radius 1 is 0.692 bits per heavy atom. The van der Waals surface area contributed by atoms with Crippen molar-refractivity contribution in [3.63, 3.8) is 0 Å². The predicted octanol–water partition coefficient (Wildman–Crippen LogP) is 3.99. The van der Waals surface area contributed by atoms with Gasteiger partial charge >= 0.3 is 17.8 Å². The van der Waals surface area contributed by atoms with Crippen molar-refractivity contribution in [2.45, 2.75) is 17.8 Å². The van der Waals surface area contributed by atoms with Crippen LogP contribution in [-0.4, -0.2) is 17.8 Å². The van der Waals surface area contributed by atoms with E-state index in [-0.39, 0.29) is 0 Å². The maximum Gasteiger partial charge on any atom is 0.381 e. The number of hydrogen-bond acceptors (Lipinski definition) is 0. The first kappa shape index (κ1) is 11.9. The Kier molecular flexibility index (Phi) is 2.63. The largest absolute Gasteiger partial charge is 0.381 e. The molecule has 0 spiro atoms. The molecule has 0 amide bonds. The van der Waals surface area contributed by atoms with Gasteiger partial charge < -0.3 is 0 Å². The van der Waals surface area contributed by atoms with Crippen molar-refractivity contribution < 1.29 is 26.3 Å². The molecule has 13 heavy (non-hydrogen) atoms. The highest BCUT2D eigenvalue weighted by molar-refractivity contribution is 14.1. The highest BCUT2D eigenvalue weighted by Gasteiger charge is 2.79. The van der Waals surface area contributed by atoms with Crippen LogP contribution in [0, 0.1) is 0 Å². The highest BCUT2D eigenvalue weighted by atomic mass is 127. The van der Waals surface area contributed by atoms with Crippen LogP contribution in [0.2, 0.25) is 0 Å². The molecule has 8 heteroatoms. The van der Waals surface area contributed by atoms with E-state index in [1.54, 1.807) is 0 Å². The second kappa shape index (κ2) is 2.89. The molecule has 0 aromatic heterocycles. The molecule has 76 valence electrons. The zero-order chi connectivity index (χ0) is 10.7. The summed E-state index contributed by atoms with van der Waals surface area (Å²) in [7, 11) is 0. The summed E-state index contributed by atoms with van der Waals surface area (Å²) in [5.41, 5.74) is 0. The minimum atomic E-state index is -5.33. The van der Waals surface area contributed by atoms with Gasteiger partial charge in [0, 0.05) is 0 Å². The van der Waals surface area contributed by atoms with Crippen molar-refractivity contribution in [1.82, 2.24) is 0 Å². The topological polar surface area (TPSA) is 0 Å². The Morgan fingerprint density at radius 2 is 0.923 bits per heavy atom. The Balaban J connectivity index is 3.39. The minimum absolute atomic E-state index is 0.813.